The third-order valence-corrected chi connectivity index (χ3v) is 5.81. The van der Waals surface area contributed by atoms with Crippen molar-refractivity contribution < 1.29 is 19.6 Å². The molecule has 0 aromatic heterocycles. The third-order valence-electron chi connectivity index (χ3n) is 5.81. The van der Waals surface area contributed by atoms with E-state index in [0.29, 0.717) is 18.5 Å². The molecule has 0 saturated heterocycles. The number of amides is 1. The van der Waals surface area contributed by atoms with Crippen molar-refractivity contribution in [3.8, 4) is 5.75 Å². The summed E-state index contributed by atoms with van der Waals surface area (Å²) in [5, 5.41) is 32.5. The number of ether oxygens (including phenoxy) is 1. The van der Waals surface area contributed by atoms with Gasteiger partial charge in [-0.3, -0.25) is 14.9 Å². The molecule has 10 heteroatoms. The van der Waals surface area contributed by atoms with Crippen LogP contribution in [-0.4, -0.2) is 53.0 Å². The van der Waals surface area contributed by atoms with Crippen LogP contribution in [0.15, 0.2) is 47.6 Å². The molecule has 2 aromatic rings. The number of rotatable bonds is 11. The second kappa shape index (κ2) is 11.3. The zero-order valence-corrected chi connectivity index (χ0v) is 20.5. The van der Waals surface area contributed by atoms with Crippen LogP contribution in [0.2, 0.25) is 0 Å². The number of aliphatic hydroxyl groups excluding tert-OH is 1. The number of β-amino-alcohol motifs (C(OH)–C–C–N with tert-alkyl or cyclic N) is 1. The molecule has 188 valence electrons. The summed E-state index contributed by atoms with van der Waals surface area (Å²) >= 11 is 0. The molecule has 1 aliphatic heterocycles. The normalized spacial score (nSPS) is 16.8. The van der Waals surface area contributed by atoms with Crippen LogP contribution in [-0.2, 0) is 4.79 Å². The number of hydrogen-bond donors (Lipinski definition) is 4. The van der Waals surface area contributed by atoms with Gasteiger partial charge in [0.2, 0.25) is 5.91 Å². The molecule has 1 heterocycles. The Morgan fingerprint density at radius 3 is 2.66 bits per heavy atom. The average molecular weight is 484 g/mol. The van der Waals surface area contributed by atoms with Gasteiger partial charge < -0.3 is 20.5 Å². The van der Waals surface area contributed by atoms with E-state index >= 15 is 0 Å². The summed E-state index contributed by atoms with van der Waals surface area (Å²) in [6.45, 7) is 8.44. The number of benzene rings is 2. The molecule has 0 radical (unpaired) electrons. The maximum Gasteiger partial charge on any atom is 0.313 e. The SMILES string of the molecule is Cc1cccc(OCC(O)CNC(C)(C)CNc2ccc(C3=NNC(=O)CC3C)cc2)c1[N+](=O)[O-]. The van der Waals surface area contributed by atoms with Crippen LogP contribution in [0.25, 0.3) is 0 Å². The van der Waals surface area contributed by atoms with Gasteiger partial charge in [-0.1, -0.05) is 31.2 Å². The lowest BCUT2D eigenvalue weighted by Crippen LogP contribution is -2.49. The fourth-order valence-electron chi connectivity index (χ4n) is 3.77. The van der Waals surface area contributed by atoms with Gasteiger partial charge in [-0.25, -0.2) is 5.43 Å². The highest BCUT2D eigenvalue weighted by Gasteiger charge is 2.23. The monoisotopic (exact) mass is 483 g/mol. The summed E-state index contributed by atoms with van der Waals surface area (Å²) in [6.07, 6.45) is -0.412. The largest absolute Gasteiger partial charge is 0.484 e. The summed E-state index contributed by atoms with van der Waals surface area (Å²) < 4.78 is 5.53. The zero-order chi connectivity index (χ0) is 25.6. The lowest BCUT2D eigenvalue weighted by Gasteiger charge is -2.28. The number of aryl methyl sites for hydroxylation is 1. The molecular weight excluding hydrogens is 450 g/mol. The topological polar surface area (TPSA) is 138 Å². The van der Waals surface area contributed by atoms with Crippen LogP contribution in [0.5, 0.6) is 5.75 Å². The Kier molecular flexibility index (Phi) is 8.42. The van der Waals surface area contributed by atoms with Gasteiger partial charge in [-0.15, -0.1) is 0 Å². The minimum atomic E-state index is -0.840. The zero-order valence-electron chi connectivity index (χ0n) is 20.5. The number of carbonyl (C=O) groups is 1. The molecule has 2 unspecified atom stereocenters. The maximum atomic E-state index is 11.4. The van der Waals surface area contributed by atoms with Crippen molar-refractivity contribution in [1.29, 1.82) is 0 Å². The van der Waals surface area contributed by atoms with Gasteiger partial charge in [-0.2, -0.15) is 5.10 Å². The van der Waals surface area contributed by atoms with E-state index in [9.17, 15) is 20.0 Å². The predicted octanol–water partition coefficient (Wildman–Crippen LogP) is 2.98. The average Bonchev–Trinajstić information content (AvgIpc) is 2.80. The number of nitro benzene ring substituents is 1. The third kappa shape index (κ3) is 7.24. The minimum Gasteiger partial charge on any atom is -0.484 e. The molecule has 4 N–H and O–H groups in total. The van der Waals surface area contributed by atoms with Crippen LogP contribution < -0.4 is 20.8 Å². The molecule has 3 rings (SSSR count). The first-order valence-corrected chi connectivity index (χ1v) is 11.6. The van der Waals surface area contributed by atoms with Gasteiger partial charge in [0.15, 0.2) is 5.75 Å². The van der Waals surface area contributed by atoms with E-state index in [1.165, 1.54) is 6.07 Å². The van der Waals surface area contributed by atoms with Crippen LogP contribution in [0.4, 0.5) is 11.4 Å². The summed E-state index contributed by atoms with van der Waals surface area (Å²) in [6, 6.07) is 12.7. The number of nitro groups is 1. The molecule has 2 aromatic carbocycles. The molecule has 0 bridgehead atoms. The number of nitrogens with zero attached hydrogens (tertiary/aromatic N) is 2. The lowest BCUT2D eigenvalue weighted by molar-refractivity contribution is -0.386. The van der Waals surface area contributed by atoms with Crippen molar-refractivity contribution in [2.45, 2.75) is 45.8 Å². The van der Waals surface area contributed by atoms with Gasteiger partial charge >= 0.3 is 5.69 Å². The van der Waals surface area contributed by atoms with Gasteiger partial charge in [0.05, 0.1) is 10.6 Å². The maximum absolute atomic E-state index is 11.4. The number of hydrogen-bond acceptors (Lipinski definition) is 8. The Morgan fingerprint density at radius 1 is 1.29 bits per heavy atom. The smallest absolute Gasteiger partial charge is 0.313 e. The second-order valence-electron chi connectivity index (χ2n) is 9.48. The Morgan fingerprint density at radius 2 is 2.00 bits per heavy atom. The van der Waals surface area contributed by atoms with Crippen molar-refractivity contribution in [3.63, 3.8) is 0 Å². The highest BCUT2D eigenvalue weighted by atomic mass is 16.6. The van der Waals surface area contributed by atoms with E-state index < -0.39 is 11.0 Å². The molecule has 2 atom stereocenters. The number of anilines is 1. The second-order valence-corrected chi connectivity index (χ2v) is 9.48. The van der Waals surface area contributed by atoms with Crippen molar-refractivity contribution in [2.75, 3.05) is 25.0 Å². The van der Waals surface area contributed by atoms with Gasteiger partial charge in [0.25, 0.3) is 0 Å². The van der Waals surface area contributed by atoms with Crippen LogP contribution in [0.1, 0.15) is 38.3 Å². The number of aliphatic hydroxyl groups is 1. The van der Waals surface area contributed by atoms with Crippen molar-refractivity contribution in [2.24, 2.45) is 11.0 Å². The Bertz CT molecular complexity index is 1080. The lowest BCUT2D eigenvalue weighted by atomic mass is 9.94. The molecule has 1 aliphatic rings. The van der Waals surface area contributed by atoms with Crippen molar-refractivity contribution in [3.05, 3.63) is 63.7 Å². The summed E-state index contributed by atoms with van der Waals surface area (Å²) in [5.41, 5.74) is 5.39. The first kappa shape index (κ1) is 26.1. The van der Waals surface area contributed by atoms with Gasteiger partial charge in [0, 0.05) is 42.2 Å². The molecule has 0 fully saturated rings. The molecule has 0 spiro atoms. The summed E-state index contributed by atoms with van der Waals surface area (Å²) in [4.78, 5) is 22.3. The first-order valence-electron chi connectivity index (χ1n) is 11.6. The molecule has 0 aliphatic carbocycles. The van der Waals surface area contributed by atoms with Crippen molar-refractivity contribution in [1.82, 2.24) is 10.7 Å². The molecule has 1 amide bonds. The Balaban J connectivity index is 1.47. The van der Waals surface area contributed by atoms with E-state index in [0.717, 1.165) is 17.0 Å². The molecule has 35 heavy (non-hydrogen) atoms. The summed E-state index contributed by atoms with van der Waals surface area (Å²) in [5.74, 6) is 0.148. The fourth-order valence-corrected chi connectivity index (χ4v) is 3.77. The number of para-hydroxylation sites is 1. The molecular formula is C25H33N5O5. The fraction of sp³-hybridized carbons (Fsp3) is 0.440. The minimum absolute atomic E-state index is 0.0645. The van der Waals surface area contributed by atoms with E-state index in [2.05, 4.69) is 21.2 Å². The number of carbonyl (C=O) groups excluding carboxylic acids is 1. The number of hydrazone groups is 1. The van der Waals surface area contributed by atoms with Crippen LogP contribution in [0, 0.1) is 23.0 Å². The Labute approximate surface area is 204 Å². The molecule has 0 saturated carbocycles. The first-order chi connectivity index (χ1) is 16.6. The van der Waals surface area contributed by atoms with E-state index in [1.807, 2.05) is 45.0 Å². The molecule has 10 nitrogen and oxygen atoms in total. The quantitative estimate of drug-likeness (QED) is 0.285. The highest BCUT2D eigenvalue weighted by Crippen LogP contribution is 2.30. The van der Waals surface area contributed by atoms with E-state index in [1.54, 1.807) is 19.1 Å². The van der Waals surface area contributed by atoms with Crippen molar-refractivity contribution >= 4 is 23.0 Å². The predicted molar refractivity (Wildman–Crippen MR) is 135 cm³/mol. The van der Waals surface area contributed by atoms with E-state index in [4.69, 9.17) is 4.74 Å². The Hall–Kier alpha value is -3.50. The van der Waals surface area contributed by atoms with Gasteiger partial charge in [-0.05, 0) is 44.5 Å². The standard InChI is InChI=1S/C25H33N5O5/c1-16-6-5-7-21(24(16)30(33)34)35-14-20(31)13-27-25(3,4)15-26-19-10-8-18(9-11-19)23-17(2)12-22(32)28-29-23/h5-11,17,20,26-27,31H,12-15H2,1-4H3,(H,28,32). The summed E-state index contributed by atoms with van der Waals surface area (Å²) in [7, 11) is 0. The van der Waals surface area contributed by atoms with Crippen LogP contribution >= 0.6 is 0 Å². The van der Waals surface area contributed by atoms with Crippen LogP contribution in [0.3, 0.4) is 0 Å². The van der Waals surface area contributed by atoms with E-state index in [-0.39, 0.29) is 42.0 Å². The number of nitrogens with one attached hydrogen (secondary N) is 3. The van der Waals surface area contributed by atoms with Gasteiger partial charge in [0.1, 0.15) is 12.7 Å². The highest BCUT2D eigenvalue weighted by molar-refractivity contribution is 6.05.